The van der Waals surface area contributed by atoms with Crippen LogP contribution < -0.4 is 5.32 Å². The second-order valence-corrected chi connectivity index (χ2v) is 5.14. The van der Waals surface area contributed by atoms with Crippen LogP contribution in [0.25, 0.3) is 0 Å². The number of rotatable bonds is 5. The summed E-state index contributed by atoms with van der Waals surface area (Å²) in [5, 5.41) is 12.1. The van der Waals surface area contributed by atoms with Gasteiger partial charge in [-0.1, -0.05) is 23.7 Å². The molecule has 0 saturated heterocycles. The lowest BCUT2D eigenvalue weighted by Crippen LogP contribution is -2.42. The van der Waals surface area contributed by atoms with E-state index in [2.05, 4.69) is 5.32 Å². The van der Waals surface area contributed by atoms with Crippen LogP contribution in [0, 0.1) is 5.82 Å². The van der Waals surface area contributed by atoms with Crippen molar-refractivity contribution >= 4 is 23.5 Å². The van der Waals surface area contributed by atoms with Gasteiger partial charge in [-0.05, 0) is 42.0 Å². The average Bonchev–Trinajstić information content (AvgIpc) is 2.49. The SMILES string of the molecule is O=C(N[C@@H](Cc1ccc(F)cc1)C(=O)O)c1ccc(Cl)cc1. The summed E-state index contributed by atoms with van der Waals surface area (Å²) >= 11 is 5.74. The van der Waals surface area contributed by atoms with Gasteiger partial charge in [-0.15, -0.1) is 0 Å². The minimum Gasteiger partial charge on any atom is -0.480 e. The highest BCUT2D eigenvalue weighted by atomic mass is 35.5. The molecule has 0 heterocycles. The number of carboxylic acid groups (broad SMARTS) is 1. The smallest absolute Gasteiger partial charge is 0.326 e. The molecule has 2 aromatic rings. The highest BCUT2D eigenvalue weighted by molar-refractivity contribution is 6.30. The fourth-order valence-corrected chi connectivity index (χ4v) is 2.03. The van der Waals surface area contributed by atoms with Gasteiger partial charge in [0.1, 0.15) is 11.9 Å². The monoisotopic (exact) mass is 321 g/mol. The lowest BCUT2D eigenvalue weighted by atomic mass is 10.1. The summed E-state index contributed by atoms with van der Waals surface area (Å²) < 4.78 is 12.8. The second-order valence-electron chi connectivity index (χ2n) is 4.70. The molecule has 0 aliphatic rings. The zero-order valence-corrected chi connectivity index (χ0v) is 12.2. The first kappa shape index (κ1) is 16.0. The molecule has 1 atom stereocenters. The molecule has 0 aromatic heterocycles. The fourth-order valence-electron chi connectivity index (χ4n) is 1.90. The van der Waals surface area contributed by atoms with Gasteiger partial charge < -0.3 is 10.4 Å². The Morgan fingerprint density at radius 2 is 1.68 bits per heavy atom. The zero-order chi connectivity index (χ0) is 16.1. The number of hydrogen-bond acceptors (Lipinski definition) is 2. The van der Waals surface area contributed by atoms with Crippen molar-refractivity contribution in [2.75, 3.05) is 0 Å². The van der Waals surface area contributed by atoms with Gasteiger partial charge in [-0.3, -0.25) is 4.79 Å². The van der Waals surface area contributed by atoms with Gasteiger partial charge >= 0.3 is 5.97 Å². The van der Waals surface area contributed by atoms with Crippen molar-refractivity contribution in [3.8, 4) is 0 Å². The third-order valence-electron chi connectivity index (χ3n) is 3.06. The van der Waals surface area contributed by atoms with E-state index in [1.54, 1.807) is 12.1 Å². The van der Waals surface area contributed by atoms with E-state index in [0.29, 0.717) is 16.1 Å². The van der Waals surface area contributed by atoms with E-state index in [1.165, 1.54) is 36.4 Å². The number of nitrogens with one attached hydrogen (secondary N) is 1. The fraction of sp³-hybridized carbons (Fsp3) is 0.125. The van der Waals surface area contributed by atoms with E-state index in [0.717, 1.165) is 0 Å². The van der Waals surface area contributed by atoms with Crippen molar-refractivity contribution < 1.29 is 19.1 Å². The molecule has 0 radical (unpaired) electrons. The van der Waals surface area contributed by atoms with Gasteiger partial charge in [0.25, 0.3) is 5.91 Å². The molecule has 0 aliphatic heterocycles. The maximum Gasteiger partial charge on any atom is 0.326 e. The molecule has 114 valence electrons. The number of carboxylic acids is 1. The minimum absolute atomic E-state index is 0.0644. The average molecular weight is 322 g/mol. The summed E-state index contributed by atoms with van der Waals surface area (Å²) in [7, 11) is 0. The predicted octanol–water partition coefficient (Wildman–Crippen LogP) is 2.90. The molecule has 0 bridgehead atoms. The number of benzene rings is 2. The van der Waals surface area contributed by atoms with Crippen LogP contribution in [0.5, 0.6) is 0 Å². The van der Waals surface area contributed by atoms with Gasteiger partial charge in [0.15, 0.2) is 0 Å². The number of aliphatic carboxylic acids is 1. The van der Waals surface area contributed by atoms with E-state index >= 15 is 0 Å². The quantitative estimate of drug-likeness (QED) is 0.890. The summed E-state index contributed by atoms with van der Waals surface area (Å²) in [6.45, 7) is 0. The molecule has 0 aliphatic carbocycles. The van der Waals surface area contributed by atoms with Gasteiger partial charge in [-0.25, -0.2) is 9.18 Å². The van der Waals surface area contributed by atoms with Crippen molar-refractivity contribution in [3.05, 3.63) is 70.5 Å². The predicted molar refractivity (Wildman–Crippen MR) is 80.4 cm³/mol. The van der Waals surface area contributed by atoms with Crippen molar-refractivity contribution in [1.82, 2.24) is 5.32 Å². The van der Waals surface area contributed by atoms with Gasteiger partial charge in [0.05, 0.1) is 0 Å². The van der Waals surface area contributed by atoms with Crippen LogP contribution in [-0.2, 0) is 11.2 Å². The van der Waals surface area contributed by atoms with E-state index < -0.39 is 23.7 Å². The van der Waals surface area contributed by atoms with E-state index in [-0.39, 0.29) is 6.42 Å². The van der Waals surface area contributed by atoms with E-state index in [9.17, 15) is 19.1 Å². The Morgan fingerprint density at radius 1 is 1.09 bits per heavy atom. The summed E-state index contributed by atoms with van der Waals surface area (Å²) in [4.78, 5) is 23.3. The topological polar surface area (TPSA) is 66.4 Å². The van der Waals surface area contributed by atoms with Gasteiger partial charge in [0, 0.05) is 17.0 Å². The Kier molecular flexibility index (Phi) is 5.12. The molecule has 6 heteroatoms. The second kappa shape index (κ2) is 7.04. The highest BCUT2D eigenvalue weighted by Gasteiger charge is 2.21. The minimum atomic E-state index is -1.16. The molecule has 0 saturated carbocycles. The molecular formula is C16H13ClFNO3. The lowest BCUT2D eigenvalue weighted by molar-refractivity contribution is -0.139. The Morgan fingerprint density at radius 3 is 2.23 bits per heavy atom. The Hall–Kier alpha value is -2.40. The van der Waals surface area contributed by atoms with Crippen LogP contribution in [0.4, 0.5) is 4.39 Å². The molecule has 22 heavy (non-hydrogen) atoms. The molecule has 1 amide bonds. The van der Waals surface area contributed by atoms with Crippen LogP contribution in [0.15, 0.2) is 48.5 Å². The normalized spacial score (nSPS) is 11.7. The first-order chi connectivity index (χ1) is 10.5. The largest absolute Gasteiger partial charge is 0.480 e. The standard InChI is InChI=1S/C16H13ClFNO3/c17-12-5-3-11(4-6-12)15(20)19-14(16(21)22)9-10-1-7-13(18)8-2-10/h1-8,14H,9H2,(H,19,20)(H,21,22)/t14-/m0/s1. The van der Waals surface area contributed by atoms with Crippen molar-refractivity contribution in [1.29, 1.82) is 0 Å². The molecular weight excluding hydrogens is 309 g/mol. The number of carbonyl (C=O) groups excluding carboxylic acids is 1. The molecule has 2 rings (SSSR count). The van der Waals surface area contributed by atoms with Gasteiger partial charge in [0.2, 0.25) is 0 Å². The summed E-state index contributed by atoms with van der Waals surface area (Å²) in [6, 6.07) is 10.5. The van der Waals surface area contributed by atoms with Crippen molar-refractivity contribution in [2.24, 2.45) is 0 Å². The summed E-state index contributed by atoms with van der Waals surface area (Å²) in [5.41, 5.74) is 0.931. The molecule has 2 aromatic carbocycles. The number of carbonyl (C=O) groups is 2. The maximum absolute atomic E-state index is 12.8. The van der Waals surface area contributed by atoms with Crippen LogP contribution in [0.2, 0.25) is 5.02 Å². The van der Waals surface area contributed by atoms with Crippen LogP contribution >= 0.6 is 11.6 Å². The maximum atomic E-state index is 12.8. The summed E-state index contributed by atoms with van der Waals surface area (Å²) in [5.74, 6) is -2.07. The Labute approximate surface area is 131 Å². The highest BCUT2D eigenvalue weighted by Crippen LogP contribution is 2.11. The Balaban J connectivity index is 2.08. The third kappa shape index (κ3) is 4.30. The third-order valence-corrected chi connectivity index (χ3v) is 3.31. The lowest BCUT2D eigenvalue weighted by Gasteiger charge is -2.14. The molecule has 4 nitrogen and oxygen atoms in total. The summed E-state index contributed by atoms with van der Waals surface area (Å²) in [6.07, 6.45) is 0.0644. The molecule has 0 fully saturated rings. The van der Waals surface area contributed by atoms with Crippen molar-refractivity contribution in [3.63, 3.8) is 0 Å². The number of halogens is 2. The van der Waals surface area contributed by atoms with E-state index in [4.69, 9.17) is 11.6 Å². The zero-order valence-electron chi connectivity index (χ0n) is 11.4. The van der Waals surface area contributed by atoms with Crippen LogP contribution in [-0.4, -0.2) is 23.0 Å². The number of amides is 1. The molecule has 2 N–H and O–H groups in total. The molecule has 0 unspecified atom stereocenters. The van der Waals surface area contributed by atoms with E-state index in [1.807, 2.05) is 0 Å². The number of hydrogen-bond donors (Lipinski definition) is 2. The van der Waals surface area contributed by atoms with Crippen LogP contribution in [0.1, 0.15) is 15.9 Å². The Bertz CT molecular complexity index is 671. The molecule has 0 spiro atoms. The van der Waals surface area contributed by atoms with Gasteiger partial charge in [-0.2, -0.15) is 0 Å². The first-order valence-corrected chi connectivity index (χ1v) is 6.87. The van der Waals surface area contributed by atoms with Crippen molar-refractivity contribution in [2.45, 2.75) is 12.5 Å². The first-order valence-electron chi connectivity index (χ1n) is 6.49. The van der Waals surface area contributed by atoms with Crippen LogP contribution in [0.3, 0.4) is 0 Å².